The van der Waals surface area contributed by atoms with E-state index in [0.717, 1.165) is 36.6 Å². The number of hydrogen-bond donors (Lipinski definition) is 2. The van der Waals surface area contributed by atoms with Crippen molar-refractivity contribution in [2.75, 3.05) is 6.54 Å². The number of benzene rings is 1. The Hall–Kier alpha value is -0.870. The zero-order chi connectivity index (χ0) is 13.7. The van der Waals surface area contributed by atoms with Crippen LogP contribution in [-0.4, -0.2) is 23.7 Å². The topological polar surface area (TPSA) is 49.3 Å². The van der Waals surface area contributed by atoms with Crippen molar-refractivity contribution in [2.24, 2.45) is 5.92 Å². The summed E-state index contributed by atoms with van der Waals surface area (Å²) in [6, 6.07) is 8.14. The molecule has 0 unspecified atom stereocenters. The third kappa shape index (κ3) is 4.62. The van der Waals surface area contributed by atoms with Crippen molar-refractivity contribution in [1.29, 1.82) is 0 Å². The van der Waals surface area contributed by atoms with Crippen LogP contribution in [-0.2, 0) is 11.2 Å². The fraction of sp³-hybridized carbons (Fsp3) is 0.533. The van der Waals surface area contributed by atoms with E-state index in [0.29, 0.717) is 6.54 Å². The number of hydrogen-bond acceptors (Lipinski definition) is 2. The van der Waals surface area contributed by atoms with Crippen LogP contribution in [0, 0.1) is 5.92 Å². The molecule has 104 valence electrons. The van der Waals surface area contributed by atoms with Gasteiger partial charge in [0.05, 0.1) is 6.10 Å². The number of carbonyl (C=O) groups is 1. The molecule has 2 N–H and O–H groups in total. The molecule has 0 radical (unpaired) electrons. The first-order chi connectivity index (χ1) is 9.15. The molecule has 0 spiro atoms. The zero-order valence-electron chi connectivity index (χ0n) is 10.9. The van der Waals surface area contributed by atoms with Gasteiger partial charge in [-0.1, -0.05) is 28.1 Å². The summed E-state index contributed by atoms with van der Waals surface area (Å²) in [6.45, 7) is 0.675. The molecule has 0 heterocycles. The second kappa shape index (κ2) is 7.06. The Kier molecular flexibility index (Phi) is 5.40. The van der Waals surface area contributed by atoms with Crippen LogP contribution in [0.2, 0.25) is 0 Å². The molecule has 0 saturated heterocycles. The number of aliphatic hydroxyl groups is 1. The van der Waals surface area contributed by atoms with Gasteiger partial charge in [-0.15, -0.1) is 0 Å². The molecular formula is C15H20BrNO2. The number of carbonyl (C=O) groups excluding carboxylic acids is 1. The van der Waals surface area contributed by atoms with Crippen LogP contribution in [0.25, 0.3) is 0 Å². The first kappa shape index (κ1) is 14.5. The lowest BCUT2D eigenvalue weighted by Crippen LogP contribution is -2.35. The summed E-state index contributed by atoms with van der Waals surface area (Å²) in [7, 11) is 0. The number of nitrogens with one attached hydrogen (secondary N) is 1. The van der Waals surface area contributed by atoms with E-state index in [4.69, 9.17) is 0 Å². The first-order valence-corrected chi connectivity index (χ1v) is 7.64. The Balaban J connectivity index is 1.72. The Morgan fingerprint density at radius 1 is 1.32 bits per heavy atom. The molecule has 1 aromatic carbocycles. The monoisotopic (exact) mass is 325 g/mol. The van der Waals surface area contributed by atoms with E-state index in [2.05, 4.69) is 33.4 Å². The molecule has 0 atom stereocenters. The molecule has 1 amide bonds. The molecule has 1 saturated carbocycles. The molecule has 1 fully saturated rings. The van der Waals surface area contributed by atoms with Gasteiger partial charge >= 0.3 is 0 Å². The average Bonchev–Trinajstić information content (AvgIpc) is 2.39. The van der Waals surface area contributed by atoms with Crippen LogP contribution in [0.5, 0.6) is 0 Å². The minimum absolute atomic E-state index is 0.0888. The molecule has 1 aliphatic rings. The number of halogens is 1. The van der Waals surface area contributed by atoms with Crippen LogP contribution in [0.1, 0.15) is 31.2 Å². The van der Waals surface area contributed by atoms with E-state index in [1.807, 2.05) is 12.1 Å². The lowest BCUT2D eigenvalue weighted by molar-refractivity contribution is -0.126. The van der Waals surface area contributed by atoms with Crippen LogP contribution < -0.4 is 5.32 Å². The molecule has 4 heteroatoms. The van der Waals surface area contributed by atoms with Crippen LogP contribution in [0.4, 0.5) is 0 Å². The summed E-state index contributed by atoms with van der Waals surface area (Å²) >= 11 is 3.44. The molecule has 1 aromatic rings. The second-order valence-corrected chi connectivity index (χ2v) is 6.09. The largest absolute Gasteiger partial charge is 0.393 e. The van der Waals surface area contributed by atoms with Crippen molar-refractivity contribution in [3.05, 3.63) is 34.3 Å². The van der Waals surface area contributed by atoms with Crippen LogP contribution in [0.3, 0.4) is 0 Å². The van der Waals surface area contributed by atoms with Gasteiger partial charge in [-0.3, -0.25) is 4.79 Å². The van der Waals surface area contributed by atoms with Crippen molar-refractivity contribution in [1.82, 2.24) is 5.32 Å². The van der Waals surface area contributed by atoms with Crippen molar-refractivity contribution < 1.29 is 9.90 Å². The maximum Gasteiger partial charge on any atom is 0.223 e. The summed E-state index contributed by atoms with van der Waals surface area (Å²) < 4.78 is 1.07. The summed E-state index contributed by atoms with van der Waals surface area (Å²) in [5, 5.41) is 12.4. The number of aliphatic hydroxyl groups excluding tert-OH is 1. The number of amides is 1. The molecule has 3 nitrogen and oxygen atoms in total. The third-order valence-electron chi connectivity index (χ3n) is 3.67. The van der Waals surface area contributed by atoms with Gasteiger partial charge in [-0.25, -0.2) is 0 Å². The van der Waals surface area contributed by atoms with E-state index in [1.54, 1.807) is 0 Å². The summed E-state index contributed by atoms with van der Waals surface area (Å²) in [6.07, 6.45) is 3.77. The lowest BCUT2D eigenvalue weighted by Gasteiger charge is -2.24. The van der Waals surface area contributed by atoms with E-state index in [-0.39, 0.29) is 17.9 Å². The highest BCUT2D eigenvalue weighted by atomic mass is 79.9. The first-order valence-electron chi connectivity index (χ1n) is 6.85. The van der Waals surface area contributed by atoms with E-state index >= 15 is 0 Å². The van der Waals surface area contributed by atoms with E-state index < -0.39 is 0 Å². The Bertz CT molecular complexity index is 428. The molecule has 2 rings (SSSR count). The van der Waals surface area contributed by atoms with Crippen molar-refractivity contribution in [2.45, 2.75) is 38.2 Å². The minimum Gasteiger partial charge on any atom is -0.393 e. The predicted octanol–water partition coefficient (Wildman–Crippen LogP) is 2.66. The van der Waals surface area contributed by atoms with Crippen molar-refractivity contribution >= 4 is 21.8 Å². The van der Waals surface area contributed by atoms with E-state index in [1.165, 1.54) is 5.56 Å². The van der Waals surface area contributed by atoms with Gasteiger partial charge in [0.1, 0.15) is 0 Å². The van der Waals surface area contributed by atoms with Crippen molar-refractivity contribution in [3.63, 3.8) is 0 Å². The fourth-order valence-electron chi connectivity index (χ4n) is 2.50. The smallest absolute Gasteiger partial charge is 0.223 e. The molecule has 1 aliphatic carbocycles. The maximum atomic E-state index is 12.0. The zero-order valence-corrected chi connectivity index (χ0v) is 12.5. The Morgan fingerprint density at radius 3 is 2.74 bits per heavy atom. The molecule has 0 aromatic heterocycles. The molecule has 0 bridgehead atoms. The third-order valence-corrected chi connectivity index (χ3v) is 4.16. The quantitative estimate of drug-likeness (QED) is 0.894. The van der Waals surface area contributed by atoms with Gasteiger partial charge in [0, 0.05) is 16.9 Å². The molecule has 0 aliphatic heterocycles. The van der Waals surface area contributed by atoms with Gasteiger partial charge in [0.25, 0.3) is 0 Å². The molecule has 19 heavy (non-hydrogen) atoms. The Morgan fingerprint density at radius 2 is 2.05 bits per heavy atom. The summed E-state index contributed by atoms with van der Waals surface area (Å²) in [5.41, 5.74) is 1.22. The van der Waals surface area contributed by atoms with Gasteiger partial charge in [0.15, 0.2) is 0 Å². The van der Waals surface area contributed by atoms with E-state index in [9.17, 15) is 9.90 Å². The SMILES string of the molecule is O=C(NCCc1cccc(Br)c1)C1CCC(O)CC1. The van der Waals surface area contributed by atoms with Crippen LogP contribution >= 0.6 is 15.9 Å². The van der Waals surface area contributed by atoms with Crippen LogP contribution in [0.15, 0.2) is 28.7 Å². The number of rotatable bonds is 4. The van der Waals surface area contributed by atoms with Gasteiger partial charge < -0.3 is 10.4 Å². The standard InChI is InChI=1S/C15H20BrNO2/c16-13-3-1-2-11(10-13)8-9-17-15(19)12-4-6-14(18)7-5-12/h1-3,10,12,14,18H,4-9H2,(H,17,19). The maximum absolute atomic E-state index is 12.0. The van der Waals surface area contributed by atoms with Crippen molar-refractivity contribution in [3.8, 4) is 0 Å². The minimum atomic E-state index is -0.203. The predicted molar refractivity (Wildman–Crippen MR) is 78.8 cm³/mol. The average molecular weight is 326 g/mol. The highest BCUT2D eigenvalue weighted by molar-refractivity contribution is 9.10. The molecular weight excluding hydrogens is 306 g/mol. The highest BCUT2D eigenvalue weighted by Gasteiger charge is 2.24. The second-order valence-electron chi connectivity index (χ2n) is 5.18. The summed E-state index contributed by atoms with van der Waals surface area (Å²) in [4.78, 5) is 12.0. The van der Waals surface area contributed by atoms with Gasteiger partial charge in [-0.05, 0) is 49.8 Å². The highest BCUT2D eigenvalue weighted by Crippen LogP contribution is 2.24. The fourth-order valence-corrected chi connectivity index (χ4v) is 2.95. The summed E-state index contributed by atoms with van der Waals surface area (Å²) in [5.74, 6) is 0.229. The van der Waals surface area contributed by atoms with Gasteiger partial charge in [0.2, 0.25) is 5.91 Å². The van der Waals surface area contributed by atoms with Gasteiger partial charge in [-0.2, -0.15) is 0 Å². The Labute approximate surface area is 122 Å². The normalized spacial score (nSPS) is 23.1. The lowest BCUT2D eigenvalue weighted by atomic mass is 9.87.